The Morgan fingerprint density at radius 2 is 2.22 bits per heavy atom. The van der Waals surface area contributed by atoms with Crippen molar-refractivity contribution < 1.29 is 0 Å². The molecule has 2 N–H and O–H groups in total. The topological polar surface area (TPSA) is 69.6 Å². The van der Waals surface area contributed by atoms with Gasteiger partial charge < -0.3 is 5.73 Å². The summed E-state index contributed by atoms with van der Waals surface area (Å²) in [4.78, 5) is 1.51. The maximum absolute atomic E-state index is 6.54. The van der Waals surface area contributed by atoms with Gasteiger partial charge in [0.05, 0.1) is 7.05 Å². The summed E-state index contributed by atoms with van der Waals surface area (Å²) in [6.45, 7) is 2.27. The standard InChI is InChI=1S/C13H25N5/c1-3-5-11-6-4-8-13(14,9-7-11)10-12-15-17-18(2)16-12/h11H,3-10,14H2,1-2H3. The largest absolute Gasteiger partial charge is 0.325 e. The summed E-state index contributed by atoms with van der Waals surface area (Å²) < 4.78 is 0. The number of hydrogen-bond acceptors (Lipinski definition) is 4. The lowest BCUT2D eigenvalue weighted by Gasteiger charge is -2.26. The molecule has 2 unspecified atom stereocenters. The zero-order chi connectivity index (χ0) is 13.0. The summed E-state index contributed by atoms with van der Waals surface area (Å²) in [5, 5.41) is 12.2. The molecule has 0 radical (unpaired) electrons. The molecule has 5 nitrogen and oxygen atoms in total. The molecule has 1 aliphatic carbocycles. The van der Waals surface area contributed by atoms with Gasteiger partial charge in [0.25, 0.3) is 0 Å². The molecule has 0 bridgehead atoms. The van der Waals surface area contributed by atoms with Crippen LogP contribution in [0.3, 0.4) is 0 Å². The van der Waals surface area contributed by atoms with E-state index in [0.717, 1.165) is 31.0 Å². The molecule has 1 heterocycles. The van der Waals surface area contributed by atoms with E-state index >= 15 is 0 Å². The summed E-state index contributed by atoms with van der Waals surface area (Å²) in [5.41, 5.74) is 6.42. The number of hydrogen-bond donors (Lipinski definition) is 1. The second-order valence-corrected chi connectivity index (χ2v) is 5.82. The van der Waals surface area contributed by atoms with Crippen LogP contribution in [0.2, 0.25) is 0 Å². The van der Waals surface area contributed by atoms with Crippen LogP contribution >= 0.6 is 0 Å². The third-order valence-corrected chi connectivity index (χ3v) is 4.09. The van der Waals surface area contributed by atoms with Gasteiger partial charge in [-0.15, -0.1) is 10.2 Å². The summed E-state index contributed by atoms with van der Waals surface area (Å²) in [6.07, 6.45) is 9.40. The fraction of sp³-hybridized carbons (Fsp3) is 0.923. The Labute approximate surface area is 109 Å². The number of tetrazole rings is 1. The first-order chi connectivity index (χ1) is 8.61. The van der Waals surface area contributed by atoms with Crippen molar-refractivity contribution in [1.29, 1.82) is 0 Å². The number of aromatic nitrogens is 4. The zero-order valence-corrected chi connectivity index (χ0v) is 11.6. The van der Waals surface area contributed by atoms with Gasteiger partial charge in [-0.2, -0.15) is 4.80 Å². The summed E-state index contributed by atoms with van der Waals surface area (Å²) in [5.74, 6) is 1.66. The Balaban J connectivity index is 1.94. The Morgan fingerprint density at radius 1 is 1.39 bits per heavy atom. The fourth-order valence-electron chi connectivity index (χ4n) is 3.09. The zero-order valence-electron chi connectivity index (χ0n) is 11.6. The van der Waals surface area contributed by atoms with E-state index in [0.29, 0.717) is 0 Å². The second kappa shape index (κ2) is 5.78. The SMILES string of the molecule is CCCC1CCCC(N)(Cc2nnn(C)n2)CC1. The molecular formula is C13H25N5. The van der Waals surface area contributed by atoms with Gasteiger partial charge in [-0.05, 0) is 30.4 Å². The first-order valence-electron chi connectivity index (χ1n) is 7.13. The minimum atomic E-state index is -0.120. The van der Waals surface area contributed by atoms with Crippen molar-refractivity contribution in [3.63, 3.8) is 0 Å². The average molecular weight is 251 g/mol. The molecule has 2 rings (SSSR count). The lowest BCUT2D eigenvalue weighted by molar-refractivity contribution is 0.349. The molecule has 1 aromatic rings. The summed E-state index contributed by atoms with van der Waals surface area (Å²) >= 11 is 0. The van der Waals surface area contributed by atoms with Gasteiger partial charge in [-0.1, -0.05) is 32.6 Å². The van der Waals surface area contributed by atoms with E-state index in [1.807, 2.05) is 0 Å². The van der Waals surface area contributed by atoms with Crippen molar-refractivity contribution in [3.05, 3.63) is 5.82 Å². The molecule has 5 heteroatoms. The highest BCUT2D eigenvalue weighted by molar-refractivity contribution is 4.96. The van der Waals surface area contributed by atoms with E-state index in [9.17, 15) is 0 Å². The van der Waals surface area contributed by atoms with Crippen molar-refractivity contribution in [2.24, 2.45) is 18.7 Å². The van der Waals surface area contributed by atoms with Crippen molar-refractivity contribution >= 4 is 0 Å². The molecular weight excluding hydrogens is 226 g/mol. The second-order valence-electron chi connectivity index (χ2n) is 5.82. The van der Waals surface area contributed by atoms with Crippen LogP contribution in [0.15, 0.2) is 0 Å². The van der Waals surface area contributed by atoms with Crippen molar-refractivity contribution in [1.82, 2.24) is 20.2 Å². The Kier molecular flexibility index (Phi) is 4.32. The lowest BCUT2D eigenvalue weighted by Crippen LogP contribution is -2.42. The minimum Gasteiger partial charge on any atom is -0.325 e. The summed E-state index contributed by atoms with van der Waals surface area (Å²) in [7, 11) is 1.80. The van der Waals surface area contributed by atoms with E-state index in [2.05, 4.69) is 22.3 Å². The van der Waals surface area contributed by atoms with Gasteiger partial charge in [0.2, 0.25) is 0 Å². The number of nitrogens with zero attached hydrogens (tertiary/aromatic N) is 4. The first-order valence-corrected chi connectivity index (χ1v) is 7.13. The smallest absolute Gasteiger partial charge is 0.176 e. The van der Waals surface area contributed by atoms with Gasteiger partial charge in [-0.3, -0.25) is 0 Å². The van der Waals surface area contributed by atoms with E-state index < -0.39 is 0 Å². The van der Waals surface area contributed by atoms with Crippen LogP contribution in [0.4, 0.5) is 0 Å². The van der Waals surface area contributed by atoms with Crippen LogP contribution in [0.1, 0.15) is 57.7 Å². The van der Waals surface area contributed by atoms with Gasteiger partial charge in [0.1, 0.15) is 0 Å². The number of rotatable bonds is 4. The van der Waals surface area contributed by atoms with Crippen LogP contribution in [-0.4, -0.2) is 25.7 Å². The highest BCUT2D eigenvalue weighted by Crippen LogP contribution is 2.32. The maximum atomic E-state index is 6.54. The number of aryl methyl sites for hydroxylation is 1. The van der Waals surface area contributed by atoms with Crippen LogP contribution in [0, 0.1) is 5.92 Å². The predicted octanol–water partition coefficient (Wildman–Crippen LogP) is 1.83. The first kappa shape index (κ1) is 13.5. The molecule has 1 saturated carbocycles. The van der Waals surface area contributed by atoms with E-state index in [1.165, 1.54) is 36.9 Å². The van der Waals surface area contributed by atoms with E-state index in [4.69, 9.17) is 5.73 Å². The van der Waals surface area contributed by atoms with Crippen LogP contribution in [0.25, 0.3) is 0 Å². The van der Waals surface area contributed by atoms with Crippen molar-refractivity contribution in [2.45, 2.75) is 63.8 Å². The quantitative estimate of drug-likeness (QED) is 0.829. The Morgan fingerprint density at radius 3 is 2.89 bits per heavy atom. The van der Waals surface area contributed by atoms with E-state index in [-0.39, 0.29) is 5.54 Å². The monoisotopic (exact) mass is 251 g/mol. The molecule has 2 atom stereocenters. The van der Waals surface area contributed by atoms with Crippen molar-refractivity contribution in [2.75, 3.05) is 0 Å². The minimum absolute atomic E-state index is 0.120. The highest BCUT2D eigenvalue weighted by Gasteiger charge is 2.30. The Hall–Kier alpha value is -0.970. The van der Waals surface area contributed by atoms with Gasteiger partial charge >= 0.3 is 0 Å². The molecule has 0 aliphatic heterocycles. The molecule has 1 aliphatic rings. The molecule has 0 spiro atoms. The van der Waals surface area contributed by atoms with E-state index in [1.54, 1.807) is 7.05 Å². The normalized spacial score (nSPS) is 29.2. The van der Waals surface area contributed by atoms with Crippen LogP contribution in [-0.2, 0) is 13.5 Å². The van der Waals surface area contributed by atoms with Gasteiger partial charge in [0.15, 0.2) is 5.82 Å². The maximum Gasteiger partial charge on any atom is 0.176 e. The van der Waals surface area contributed by atoms with Crippen LogP contribution in [0.5, 0.6) is 0 Å². The van der Waals surface area contributed by atoms with Gasteiger partial charge in [0, 0.05) is 12.0 Å². The van der Waals surface area contributed by atoms with Gasteiger partial charge in [-0.25, -0.2) is 0 Å². The third kappa shape index (κ3) is 3.51. The molecule has 0 amide bonds. The molecule has 1 aromatic heterocycles. The van der Waals surface area contributed by atoms with Crippen molar-refractivity contribution in [3.8, 4) is 0 Å². The summed E-state index contributed by atoms with van der Waals surface area (Å²) in [6, 6.07) is 0. The average Bonchev–Trinajstić information content (AvgIpc) is 2.62. The third-order valence-electron chi connectivity index (χ3n) is 4.09. The molecule has 102 valence electrons. The molecule has 0 aromatic carbocycles. The predicted molar refractivity (Wildman–Crippen MR) is 70.9 cm³/mol. The molecule has 1 fully saturated rings. The Bertz CT molecular complexity index is 375. The highest BCUT2D eigenvalue weighted by atomic mass is 15.6. The molecule has 0 saturated heterocycles. The lowest BCUT2D eigenvalue weighted by atomic mass is 9.87. The van der Waals surface area contributed by atoms with Crippen LogP contribution < -0.4 is 5.73 Å². The molecule has 18 heavy (non-hydrogen) atoms. The number of nitrogens with two attached hydrogens (primary N) is 1. The fourth-order valence-corrected chi connectivity index (χ4v) is 3.09.